The van der Waals surface area contributed by atoms with Gasteiger partial charge in [0.15, 0.2) is 0 Å². The van der Waals surface area contributed by atoms with Crippen molar-refractivity contribution in [2.75, 3.05) is 0 Å². The van der Waals surface area contributed by atoms with Gasteiger partial charge in [-0.2, -0.15) is 13.2 Å². The molecule has 0 fully saturated rings. The van der Waals surface area contributed by atoms with E-state index in [2.05, 4.69) is 16.9 Å². The highest BCUT2D eigenvalue weighted by Crippen LogP contribution is 2.37. The minimum Gasteiger partial charge on any atom is -0.342 e. The van der Waals surface area contributed by atoms with E-state index < -0.39 is 11.7 Å². The topological polar surface area (TPSA) is 28.7 Å². The molecular formula is C15H15F3N2. The van der Waals surface area contributed by atoms with Crippen molar-refractivity contribution in [2.45, 2.75) is 32.4 Å². The van der Waals surface area contributed by atoms with Crippen LogP contribution in [0.1, 0.15) is 30.3 Å². The molecule has 1 atom stereocenters. The second-order valence-corrected chi connectivity index (χ2v) is 5.40. The Labute approximate surface area is 115 Å². The molecule has 1 aromatic heterocycles. The lowest BCUT2D eigenvalue weighted by molar-refractivity contribution is -0.137. The van der Waals surface area contributed by atoms with Crippen molar-refractivity contribution >= 4 is 0 Å². The first-order valence-electron chi connectivity index (χ1n) is 6.69. The third kappa shape index (κ3) is 2.32. The number of aromatic nitrogens is 2. The molecule has 1 aliphatic carbocycles. The molecule has 0 aliphatic heterocycles. The third-order valence-corrected chi connectivity index (χ3v) is 3.78. The molecule has 0 spiro atoms. The normalized spacial score (nSPS) is 18.9. The van der Waals surface area contributed by atoms with Crippen molar-refractivity contribution in [3.8, 4) is 11.4 Å². The highest BCUT2D eigenvalue weighted by atomic mass is 19.4. The Bertz CT molecular complexity index is 628. The maximum Gasteiger partial charge on any atom is 0.417 e. The average Bonchev–Trinajstić information content (AvgIpc) is 2.80. The molecule has 0 saturated carbocycles. The van der Waals surface area contributed by atoms with E-state index in [1.165, 1.54) is 12.1 Å². The Balaban J connectivity index is 2.07. The molecule has 2 aromatic rings. The molecule has 20 heavy (non-hydrogen) atoms. The van der Waals surface area contributed by atoms with Crippen LogP contribution < -0.4 is 0 Å². The van der Waals surface area contributed by atoms with Crippen LogP contribution in [0.25, 0.3) is 11.4 Å². The summed E-state index contributed by atoms with van der Waals surface area (Å²) in [6.45, 7) is 2.15. The van der Waals surface area contributed by atoms with Crippen LogP contribution in [-0.4, -0.2) is 9.97 Å². The highest BCUT2D eigenvalue weighted by molar-refractivity contribution is 5.62. The molecule has 0 amide bonds. The lowest BCUT2D eigenvalue weighted by Gasteiger charge is -2.15. The van der Waals surface area contributed by atoms with Crippen LogP contribution in [-0.2, 0) is 19.0 Å². The SMILES string of the molecule is CC1CCc2nc(-c3ccccc3C(F)(F)F)[nH]c2C1. The van der Waals surface area contributed by atoms with Crippen LogP contribution in [0.4, 0.5) is 13.2 Å². The van der Waals surface area contributed by atoms with Gasteiger partial charge >= 0.3 is 6.18 Å². The lowest BCUT2D eigenvalue weighted by Crippen LogP contribution is -2.10. The fourth-order valence-corrected chi connectivity index (χ4v) is 2.72. The largest absolute Gasteiger partial charge is 0.417 e. The van der Waals surface area contributed by atoms with Crippen LogP contribution in [0.3, 0.4) is 0 Å². The summed E-state index contributed by atoms with van der Waals surface area (Å²) in [6, 6.07) is 5.57. The van der Waals surface area contributed by atoms with Gasteiger partial charge in [-0.15, -0.1) is 0 Å². The first-order chi connectivity index (χ1) is 9.45. The summed E-state index contributed by atoms with van der Waals surface area (Å²) < 4.78 is 39.1. The highest BCUT2D eigenvalue weighted by Gasteiger charge is 2.34. The van der Waals surface area contributed by atoms with Gasteiger partial charge in [0.2, 0.25) is 0 Å². The monoisotopic (exact) mass is 280 g/mol. The molecule has 0 bridgehead atoms. The van der Waals surface area contributed by atoms with Gasteiger partial charge in [0.25, 0.3) is 0 Å². The van der Waals surface area contributed by atoms with Gasteiger partial charge in [0.05, 0.1) is 11.3 Å². The molecule has 0 radical (unpaired) electrons. The summed E-state index contributed by atoms with van der Waals surface area (Å²) in [5.41, 5.74) is 1.38. The Morgan fingerprint density at radius 2 is 2.00 bits per heavy atom. The molecular weight excluding hydrogens is 265 g/mol. The number of nitrogens with one attached hydrogen (secondary N) is 1. The number of H-pyrrole nitrogens is 1. The minimum atomic E-state index is -4.36. The molecule has 1 aliphatic rings. The van der Waals surface area contributed by atoms with E-state index >= 15 is 0 Å². The van der Waals surface area contributed by atoms with Crippen LogP contribution in [0.2, 0.25) is 0 Å². The van der Waals surface area contributed by atoms with Gasteiger partial charge in [-0.1, -0.05) is 25.1 Å². The molecule has 1 unspecified atom stereocenters. The number of imidazole rings is 1. The van der Waals surface area contributed by atoms with E-state index in [0.717, 1.165) is 36.7 Å². The fourth-order valence-electron chi connectivity index (χ4n) is 2.72. The molecule has 1 N–H and O–H groups in total. The third-order valence-electron chi connectivity index (χ3n) is 3.78. The fraction of sp³-hybridized carbons (Fsp3) is 0.400. The Morgan fingerprint density at radius 3 is 2.75 bits per heavy atom. The van der Waals surface area contributed by atoms with Gasteiger partial charge < -0.3 is 4.98 Å². The van der Waals surface area contributed by atoms with E-state index in [1.54, 1.807) is 6.07 Å². The number of aryl methyl sites for hydroxylation is 1. The van der Waals surface area contributed by atoms with Gasteiger partial charge in [-0.25, -0.2) is 4.98 Å². The zero-order valence-corrected chi connectivity index (χ0v) is 11.1. The number of rotatable bonds is 1. The van der Waals surface area contributed by atoms with Crippen molar-refractivity contribution in [2.24, 2.45) is 5.92 Å². The molecule has 1 heterocycles. The predicted molar refractivity (Wildman–Crippen MR) is 70.2 cm³/mol. The van der Waals surface area contributed by atoms with Crippen molar-refractivity contribution in [3.05, 3.63) is 41.2 Å². The number of aromatic amines is 1. The van der Waals surface area contributed by atoms with Crippen molar-refractivity contribution in [1.29, 1.82) is 0 Å². The van der Waals surface area contributed by atoms with Gasteiger partial charge in [-0.3, -0.25) is 0 Å². The van der Waals surface area contributed by atoms with Crippen LogP contribution in [0.15, 0.2) is 24.3 Å². The van der Waals surface area contributed by atoms with Gasteiger partial charge in [-0.05, 0) is 31.2 Å². The number of alkyl halides is 3. The summed E-state index contributed by atoms with van der Waals surface area (Å²) in [6.07, 6.45) is -1.63. The maximum atomic E-state index is 13.0. The standard InChI is InChI=1S/C15H15F3N2/c1-9-6-7-12-13(8-9)20-14(19-12)10-4-2-3-5-11(10)15(16,17)18/h2-5,9H,6-8H2,1H3,(H,19,20). The molecule has 1 aromatic carbocycles. The molecule has 0 saturated heterocycles. The summed E-state index contributed by atoms with van der Waals surface area (Å²) in [5.74, 6) is 0.880. The maximum absolute atomic E-state index is 13.0. The van der Waals surface area contributed by atoms with E-state index in [1.807, 2.05) is 0 Å². The predicted octanol–water partition coefficient (Wildman–Crippen LogP) is 4.22. The second kappa shape index (κ2) is 4.65. The number of nitrogens with zero attached hydrogens (tertiary/aromatic N) is 1. The van der Waals surface area contributed by atoms with Crippen molar-refractivity contribution in [1.82, 2.24) is 9.97 Å². The van der Waals surface area contributed by atoms with E-state index in [4.69, 9.17) is 0 Å². The van der Waals surface area contributed by atoms with E-state index in [-0.39, 0.29) is 5.56 Å². The molecule has 3 rings (SSSR count). The van der Waals surface area contributed by atoms with E-state index in [9.17, 15) is 13.2 Å². The molecule has 5 heteroatoms. The first-order valence-corrected chi connectivity index (χ1v) is 6.69. The quantitative estimate of drug-likeness (QED) is 0.832. The smallest absolute Gasteiger partial charge is 0.342 e. The lowest BCUT2D eigenvalue weighted by atomic mass is 9.92. The average molecular weight is 280 g/mol. The van der Waals surface area contributed by atoms with Crippen LogP contribution in [0.5, 0.6) is 0 Å². The van der Waals surface area contributed by atoms with Crippen molar-refractivity contribution < 1.29 is 13.2 Å². The number of hydrogen-bond donors (Lipinski definition) is 1. The summed E-state index contributed by atoms with van der Waals surface area (Å²) >= 11 is 0. The van der Waals surface area contributed by atoms with Crippen LogP contribution >= 0.6 is 0 Å². The second-order valence-electron chi connectivity index (χ2n) is 5.40. The van der Waals surface area contributed by atoms with Gasteiger partial charge in [0, 0.05) is 11.3 Å². The zero-order valence-electron chi connectivity index (χ0n) is 11.1. The Morgan fingerprint density at radius 1 is 1.25 bits per heavy atom. The zero-order chi connectivity index (χ0) is 14.3. The minimum absolute atomic E-state index is 0.127. The number of benzene rings is 1. The number of hydrogen-bond acceptors (Lipinski definition) is 1. The Hall–Kier alpha value is -1.78. The van der Waals surface area contributed by atoms with Crippen LogP contribution in [0, 0.1) is 5.92 Å². The molecule has 106 valence electrons. The van der Waals surface area contributed by atoms with Crippen molar-refractivity contribution in [3.63, 3.8) is 0 Å². The number of halogens is 3. The van der Waals surface area contributed by atoms with Gasteiger partial charge in [0.1, 0.15) is 5.82 Å². The first kappa shape index (κ1) is 13.2. The summed E-state index contributed by atoms with van der Waals surface area (Å²) in [4.78, 5) is 7.46. The Kier molecular flexibility index (Phi) is 3.07. The summed E-state index contributed by atoms with van der Waals surface area (Å²) in [7, 11) is 0. The number of fused-ring (bicyclic) bond motifs is 1. The van der Waals surface area contributed by atoms with E-state index in [0.29, 0.717) is 11.7 Å². The molecule has 2 nitrogen and oxygen atoms in total. The summed E-state index contributed by atoms with van der Waals surface area (Å²) in [5, 5.41) is 0.